The Hall–Kier alpha value is -0.830. The van der Waals surface area contributed by atoms with Crippen LogP contribution in [-0.4, -0.2) is 13.2 Å². The quantitative estimate of drug-likeness (QED) is 0.786. The highest BCUT2D eigenvalue weighted by molar-refractivity contribution is 7.93. The lowest BCUT2D eigenvalue weighted by Crippen LogP contribution is -2.28. The number of hydrogen-bond donors (Lipinski definition) is 0. The molecule has 3 fully saturated rings. The first-order valence-electron chi connectivity index (χ1n) is 6.00. The fourth-order valence-electron chi connectivity index (χ4n) is 4.16. The third-order valence-corrected chi connectivity index (χ3v) is 7.58. The van der Waals surface area contributed by atoms with E-state index in [0.717, 1.165) is 12.8 Å². The summed E-state index contributed by atoms with van der Waals surface area (Å²) >= 11 is 0. The first-order valence-corrected chi connectivity index (χ1v) is 7.48. The van der Waals surface area contributed by atoms with Crippen LogP contribution in [0.3, 0.4) is 0 Å². The fraction of sp³-hybridized carbons (Fsp3) is 0.538. The molecule has 0 aliphatic heterocycles. The number of fused-ring (bicyclic) bond motifs is 2. The molecular weight excluding hydrogens is 220 g/mol. The summed E-state index contributed by atoms with van der Waals surface area (Å²) in [7, 11) is -3.05. The van der Waals surface area contributed by atoms with Crippen molar-refractivity contribution in [3.05, 3.63) is 30.3 Å². The number of rotatable bonds is 2. The smallest absolute Gasteiger partial charge is 0.184 e. The molecule has 3 aliphatic carbocycles. The van der Waals surface area contributed by atoms with Crippen LogP contribution in [0.2, 0.25) is 0 Å². The minimum Gasteiger partial charge on any atom is -0.223 e. The van der Waals surface area contributed by atoms with Gasteiger partial charge in [-0.05, 0) is 42.7 Å². The Balaban J connectivity index is 1.80. The Bertz CT molecular complexity index is 525. The van der Waals surface area contributed by atoms with Crippen LogP contribution in [0.15, 0.2) is 35.2 Å². The van der Waals surface area contributed by atoms with Crippen molar-refractivity contribution in [1.29, 1.82) is 0 Å². The average molecular weight is 234 g/mol. The van der Waals surface area contributed by atoms with Gasteiger partial charge in [0.05, 0.1) is 9.64 Å². The van der Waals surface area contributed by atoms with Gasteiger partial charge < -0.3 is 0 Å². The Morgan fingerprint density at radius 1 is 1.06 bits per heavy atom. The van der Waals surface area contributed by atoms with E-state index in [9.17, 15) is 8.42 Å². The molecule has 0 radical (unpaired) electrons. The number of sulfone groups is 1. The van der Waals surface area contributed by atoms with Gasteiger partial charge in [-0.1, -0.05) is 24.6 Å². The van der Waals surface area contributed by atoms with Gasteiger partial charge >= 0.3 is 0 Å². The van der Waals surface area contributed by atoms with Gasteiger partial charge in [-0.15, -0.1) is 0 Å². The Kier molecular flexibility index (Phi) is 1.46. The SMILES string of the molecule is O=S(=O)(c1ccccc1)C12C3CCCC1C32. The topological polar surface area (TPSA) is 34.1 Å². The van der Waals surface area contributed by atoms with Crippen molar-refractivity contribution in [2.45, 2.75) is 28.9 Å². The molecule has 2 atom stereocenters. The summed E-state index contributed by atoms with van der Waals surface area (Å²) in [4.78, 5) is 0.534. The van der Waals surface area contributed by atoms with Gasteiger partial charge in [0.1, 0.15) is 0 Å². The van der Waals surface area contributed by atoms with E-state index in [4.69, 9.17) is 0 Å². The standard InChI is InChI=1S/C13H14O2S/c14-16(15,9-5-2-1-3-6-9)13-10-7-4-8-11(13)12(10)13/h1-3,5-6,10-12H,4,7-8H2. The summed E-state index contributed by atoms with van der Waals surface area (Å²) in [5.74, 6) is 1.51. The molecule has 3 aliphatic rings. The van der Waals surface area contributed by atoms with Crippen molar-refractivity contribution in [3.8, 4) is 0 Å². The maximum atomic E-state index is 12.6. The normalized spacial score (nSPS) is 43.6. The molecule has 0 bridgehead atoms. The van der Waals surface area contributed by atoms with Crippen LogP contribution in [0.1, 0.15) is 19.3 Å². The lowest BCUT2D eigenvalue weighted by atomic mass is 9.88. The molecule has 16 heavy (non-hydrogen) atoms. The second kappa shape index (κ2) is 2.53. The molecule has 2 nitrogen and oxygen atoms in total. The second-order valence-corrected chi connectivity index (χ2v) is 7.53. The zero-order valence-corrected chi connectivity index (χ0v) is 9.78. The van der Waals surface area contributed by atoms with Crippen LogP contribution < -0.4 is 0 Å². The van der Waals surface area contributed by atoms with E-state index in [0.29, 0.717) is 22.6 Å². The second-order valence-electron chi connectivity index (χ2n) is 5.34. The van der Waals surface area contributed by atoms with Crippen molar-refractivity contribution in [2.75, 3.05) is 0 Å². The van der Waals surface area contributed by atoms with Gasteiger partial charge in [0.15, 0.2) is 9.84 Å². The minimum atomic E-state index is -3.05. The third kappa shape index (κ3) is 0.775. The van der Waals surface area contributed by atoms with Crippen molar-refractivity contribution >= 4 is 9.84 Å². The highest BCUT2D eigenvalue weighted by Crippen LogP contribution is 2.86. The third-order valence-electron chi connectivity index (χ3n) is 4.88. The van der Waals surface area contributed by atoms with Crippen molar-refractivity contribution in [3.63, 3.8) is 0 Å². The Morgan fingerprint density at radius 2 is 1.69 bits per heavy atom. The van der Waals surface area contributed by atoms with Crippen LogP contribution in [0.25, 0.3) is 0 Å². The molecule has 3 saturated carbocycles. The molecule has 0 N–H and O–H groups in total. The van der Waals surface area contributed by atoms with E-state index >= 15 is 0 Å². The number of hydrogen-bond acceptors (Lipinski definition) is 2. The molecule has 0 spiro atoms. The van der Waals surface area contributed by atoms with Crippen molar-refractivity contribution < 1.29 is 8.42 Å². The van der Waals surface area contributed by atoms with Gasteiger partial charge in [0.25, 0.3) is 0 Å². The van der Waals surface area contributed by atoms with Gasteiger partial charge in [-0.2, -0.15) is 0 Å². The Morgan fingerprint density at radius 3 is 2.25 bits per heavy atom. The largest absolute Gasteiger partial charge is 0.223 e. The van der Waals surface area contributed by atoms with Crippen LogP contribution in [0, 0.1) is 17.8 Å². The summed E-state index contributed by atoms with van der Waals surface area (Å²) in [5, 5.41) is 0. The van der Waals surface area contributed by atoms with Crippen molar-refractivity contribution in [2.24, 2.45) is 17.8 Å². The predicted molar refractivity (Wildman–Crippen MR) is 60.7 cm³/mol. The molecule has 0 aromatic heterocycles. The lowest BCUT2D eigenvalue weighted by molar-refractivity contribution is 0.343. The van der Waals surface area contributed by atoms with E-state index in [1.807, 2.05) is 18.2 Å². The molecule has 84 valence electrons. The summed E-state index contributed by atoms with van der Waals surface area (Å²) < 4.78 is 24.8. The van der Waals surface area contributed by atoms with E-state index < -0.39 is 9.84 Å². The minimum absolute atomic E-state index is 0.299. The summed E-state index contributed by atoms with van der Waals surface area (Å²) in [6, 6.07) is 8.99. The van der Waals surface area contributed by atoms with Crippen LogP contribution in [-0.2, 0) is 9.84 Å². The average Bonchev–Trinajstić information content (AvgIpc) is 3.20. The summed E-state index contributed by atoms with van der Waals surface area (Å²) in [6.45, 7) is 0. The molecule has 3 heteroatoms. The van der Waals surface area contributed by atoms with Gasteiger partial charge in [-0.25, -0.2) is 8.42 Å². The van der Waals surface area contributed by atoms with E-state index in [2.05, 4.69) is 0 Å². The number of benzene rings is 1. The molecular formula is C13H14O2S. The molecule has 0 heterocycles. The predicted octanol–water partition coefficient (Wildman–Crippen LogP) is 2.26. The van der Waals surface area contributed by atoms with E-state index in [1.165, 1.54) is 6.42 Å². The van der Waals surface area contributed by atoms with Gasteiger partial charge in [0, 0.05) is 0 Å². The zero-order chi connectivity index (χ0) is 11.0. The van der Waals surface area contributed by atoms with E-state index in [-0.39, 0.29) is 4.75 Å². The molecule has 0 saturated heterocycles. The van der Waals surface area contributed by atoms with Crippen LogP contribution in [0.5, 0.6) is 0 Å². The van der Waals surface area contributed by atoms with Gasteiger partial charge in [-0.3, -0.25) is 0 Å². The first-order chi connectivity index (χ1) is 7.70. The van der Waals surface area contributed by atoms with Crippen LogP contribution in [0.4, 0.5) is 0 Å². The zero-order valence-electron chi connectivity index (χ0n) is 8.96. The van der Waals surface area contributed by atoms with Crippen molar-refractivity contribution in [1.82, 2.24) is 0 Å². The molecule has 1 aromatic carbocycles. The van der Waals surface area contributed by atoms with Crippen LogP contribution >= 0.6 is 0 Å². The summed E-state index contributed by atoms with van der Waals surface area (Å²) in [5.41, 5.74) is 0. The maximum Gasteiger partial charge on any atom is 0.184 e. The Labute approximate surface area is 95.6 Å². The highest BCUT2D eigenvalue weighted by Gasteiger charge is 2.92. The van der Waals surface area contributed by atoms with Gasteiger partial charge in [0.2, 0.25) is 0 Å². The molecule has 2 unspecified atom stereocenters. The fourth-order valence-corrected chi connectivity index (χ4v) is 6.96. The van der Waals surface area contributed by atoms with E-state index in [1.54, 1.807) is 12.1 Å². The summed E-state index contributed by atoms with van der Waals surface area (Å²) in [6.07, 6.45) is 3.50. The first kappa shape index (κ1) is 9.23. The molecule has 4 rings (SSSR count). The highest BCUT2D eigenvalue weighted by atomic mass is 32.2. The maximum absolute atomic E-state index is 12.6. The molecule has 1 aromatic rings. The monoisotopic (exact) mass is 234 g/mol. The molecule has 0 amide bonds. The lowest BCUT2D eigenvalue weighted by Gasteiger charge is -2.24.